The lowest BCUT2D eigenvalue weighted by molar-refractivity contribution is -0.0300. The molecule has 0 aliphatic heterocycles. The molecule has 1 fully saturated rings. The zero-order chi connectivity index (χ0) is 13.3. The maximum absolute atomic E-state index is 12.2. The summed E-state index contributed by atoms with van der Waals surface area (Å²) in [5.41, 5.74) is 0.202. The minimum atomic E-state index is -0.680. The van der Waals surface area contributed by atoms with E-state index in [-0.39, 0.29) is 5.91 Å². The second kappa shape index (κ2) is 4.83. The fraction of sp³-hybridized carbons (Fsp3) is 0.357. The highest BCUT2D eigenvalue weighted by molar-refractivity contribution is 7.12. The first kappa shape index (κ1) is 12.4. The lowest BCUT2D eigenvalue weighted by Crippen LogP contribution is -2.47. The maximum atomic E-state index is 12.2. The molecule has 1 aliphatic rings. The third-order valence-electron chi connectivity index (χ3n) is 3.60. The number of carbonyl (C=O) groups excluding carboxylic acids is 1. The normalized spacial score (nSPS) is 16.9. The minimum Gasteiger partial charge on any atom is -0.388 e. The molecule has 19 heavy (non-hydrogen) atoms. The first-order valence-electron chi connectivity index (χ1n) is 6.39. The molecule has 4 nitrogen and oxygen atoms in total. The van der Waals surface area contributed by atoms with Crippen molar-refractivity contribution in [1.82, 2.24) is 9.88 Å². The van der Waals surface area contributed by atoms with Crippen LogP contribution in [-0.2, 0) is 0 Å². The number of aromatic nitrogens is 1. The fourth-order valence-corrected chi connectivity index (χ4v) is 3.06. The molecule has 0 unspecified atom stereocenters. The third-order valence-corrected chi connectivity index (χ3v) is 4.50. The van der Waals surface area contributed by atoms with Crippen LogP contribution in [0.3, 0.4) is 0 Å². The van der Waals surface area contributed by atoms with Crippen molar-refractivity contribution >= 4 is 17.2 Å². The number of nitrogens with zero attached hydrogens (tertiary/aromatic N) is 1. The molecule has 1 aliphatic carbocycles. The Labute approximate surface area is 115 Å². The fourth-order valence-electron chi connectivity index (χ4n) is 2.26. The summed E-state index contributed by atoms with van der Waals surface area (Å²) in [5, 5.41) is 14.7. The van der Waals surface area contributed by atoms with E-state index in [4.69, 9.17) is 0 Å². The summed E-state index contributed by atoms with van der Waals surface area (Å²) < 4.78 is 1.92. The Morgan fingerprint density at radius 3 is 2.79 bits per heavy atom. The molecule has 0 radical (unpaired) electrons. The van der Waals surface area contributed by atoms with Gasteiger partial charge in [0.25, 0.3) is 5.91 Å². The van der Waals surface area contributed by atoms with Crippen LogP contribution in [0.25, 0.3) is 5.69 Å². The van der Waals surface area contributed by atoms with Gasteiger partial charge in [-0.3, -0.25) is 4.79 Å². The van der Waals surface area contributed by atoms with E-state index in [1.807, 2.05) is 40.5 Å². The molecule has 2 N–H and O–H groups in total. The maximum Gasteiger partial charge on any atom is 0.263 e. The van der Waals surface area contributed by atoms with Crippen molar-refractivity contribution in [3.63, 3.8) is 0 Å². The summed E-state index contributed by atoms with van der Waals surface area (Å²) in [6.45, 7) is 0.342. The van der Waals surface area contributed by atoms with Gasteiger partial charge in [-0.2, -0.15) is 0 Å². The van der Waals surface area contributed by atoms with E-state index < -0.39 is 5.60 Å². The highest BCUT2D eigenvalue weighted by Gasteiger charge is 2.34. The second-order valence-corrected chi connectivity index (χ2v) is 5.90. The number of carbonyl (C=O) groups is 1. The number of amides is 1. The summed E-state index contributed by atoms with van der Waals surface area (Å²) in [6, 6.07) is 5.78. The molecule has 5 heteroatoms. The highest BCUT2D eigenvalue weighted by Crippen LogP contribution is 2.31. The van der Waals surface area contributed by atoms with Gasteiger partial charge < -0.3 is 15.0 Å². The average molecular weight is 276 g/mol. The van der Waals surface area contributed by atoms with Gasteiger partial charge in [0.05, 0.1) is 11.3 Å². The Balaban J connectivity index is 1.72. The van der Waals surface area contributed by atoms with Crippen molar-refractivity contribution in [3.8, 4) is 5.69 Å². The van der Waals surface area contributed by atoms with Gasteiger partial charge in [-0.15, -0.1) is 11.3 Å². The van der Waals surface area contributed by atoms with Crippen molar-refractivity contribution in [1.29, 1.82) is 0 Å². The Kier molecular flexibility index (Phi) is 3.16. The molecule has 2 aromatic heterocycles. The average Bonchev–Trinajstić information content (AvgIpc) is 3.02. The second-order valence-electron chi connectivity index (χ2n) is 4.99. The van der Waals surface area contributed by atoms with Crippen LogP contribution >= 0.6 is 11.3 Å². The summed E-state index contributed by atoms with van der Waals surface area (Å²) in [4.78, 5) is 12.9. The van der Waals surface area contributed by atoms with Crippen molar-refractivity contribution < 1.29 is 9.90 Å². The highest BCUT2D eigenvalue weighted by atomic mass is 32.1. The molecule has 2 heterocycles. The zero-order valence-corrected chi connectivity index (χ0v) is 11.3. The van der Waals surface area contributed by atoms with Crippen LogP contribution in [0.1, 0.15) is 28.9 Å². The molecule has 0 saturated heterocycles. The summed E-state index contributed by atoms with van der Waals surface area (Å²) in [7, 11) is 0. The molecule has 0 bridgehead atoms. The van der Waals surface area contributed by atoms with Crippen LogP contribution in [-0.4, -0.2) is 27.7 Å². The van der Waals surface area contributed by atoms with Crippen molar-refractivity contribution in [2.75, 3.05) is 6.54 Å². The van der Waals surface area contributed by atoms with Gasteiger partial charge >= 0.3 is 0 Å². The number of thiophene rings is 1. The van der Waals surface area contributed by atoms with E-state index in [9.17, 15) is 9.90 Å². The standard InChI is InChI=1S/C14H16N2O2S/c17-13(15-10-14(18)5-3-6-14)12-11(4-9-19-12)16-7-1-2-8-16/h1-2,4,7-9,18H,3,5-6,10H2,(H,15,17). The van der Waals surface area contributed by atoms with Crippen molar-refractivity contribution in [2.45, 2.75) is 24.9 Å². The van der Waals surface area contributed by atoms with Crippen molar-refractivity contribution in [3.05, 3.63) is 40.8 Å². The predicted molar refractivity (Wildman–Crippen MR) is 74.8 cm³/mol. The van der Waals surface area contributed by atoms with Crippen molar-refractivity contribution in [2.24, 2.45) is 0 Å². The molecule has 100 valence electrons. The zero-order valence-electron chi connectivity index (χ0n) is 10.5. The van der Waals surface area contributed by atoms with E-state index in [1.165, 1.54) is 11.3 Å². The molecular formula is C14H16N2O2S. The van der Waals surface area contributed by atoms with Crippen LogP contribution in [0.15, 0.2) is 36.0 Å². The van der Waals surface area contributed by atoms with E-state index in [0.29, 0.717) is 11.4 Å². The van der Waals surface area contributed by atoms with Crippen LogP contribution in [0.5, 0.6) is 0 Å². The van der Waals surface area contributed by atoms with E-state index in [0.717, 1.165) is 24.9 Å². The lowest BCUT2D eigenvalue weighted by Gasteiger charge is -2.36. The van der Waals surface area contributed by atoms with Crippen LogP contribution < -0.4 is 5.32 Å². The first-order chi connectivity index (χ1) is 9.18. The van der Waals surface area contributed by atoms with Gasteiger partial charge in [0, 0.05) is 18.9 Å². The number of rotatable bonds is 4. The molecule has 1 amide bonds. The first-order valence-corrected chi connectivity index (χ1v) is 7.27. The van der Waals surface area contributed by atoms with E-state index in [2.05, 4.69) is 5.32 Å². The molecule has 3 rings (SSSR count). The number of aliphatic hydroxyl groups is 1. The third kappa shape index (κ3) is 2.43. The lowest BCUT2D eigenvalue weighted by atomic mass is 9.80. The van der Waals surface area contributed by atoms with E-state index >= 15 is 0 Å². The van der Waals surface area contributed by atoms with E-state index in [1.54, 1.807) is 0 Å². The molecule has 0 atom stereocenters. The van der Waals surface area contributed by atoms with Gasteiger partial charge in [-0.25, -0.2) is 0 Å². The summed E-state index contributed by atoms with van der Waals surface area (Å²) in [5.74, 6) is -0.112. The Morgan fingerprint density at radius 2 is 2.16 bits per heavy atom. The molecule has 1 saturated carbocycles. The summed E-state index contributed by atoms with van der Waals surface area (Å²) >= 11 is 1.42. The Morgan fingerprint density at radius 1 is 1.42 bits per heavy atom. The largest absolute Gasteiger partial charge is 0.388 e. The number of nitrogens with one attached hydrogen (secondary N) is 1. The smallest absolute Gasteiger partial charge is 0.263 e. The molecular weight excluding hydrogens is 260 g/mol. The topological polar surface area (TPSA) is 54.3 Å². The number of hydrogen-bond acceptors (Lipinski definition) is 3. The van der Waals surface area contributed by atoms with Gasteiger partial charge in [0.15, 0.2) is 0 Å². The summed E-state index contributed by atoms with van der Waals surface area (Å²) in [6.07, 6.45) is 6.43. The molecule has 0 spiro atoms. The Hall–Kier alpha value is -1.59. The van der Waals surface area contributed by atoms with Gasteiger partial charge in [0.2, 0.25) is 0 Å². The minimum absolute atomic E-state index is 0.112. The van der Waals surface area contributed by atoms with Crippen LogP contribution in [0, 0.1) is 0 Å². The quantitative estimate of drug-likeness (QED) is 0.899. The van der Waals surface area contributed by atoms with Crippen LogP contribution in [0.2, 0.25) is 0 Å². The van der Waals surface area contributed by atoms with Gasteiger partial charge in [-0.1, -0.05) is 0 Å². The van der Waals surface area contributed by atoms with Gasteiger partial charge in [0.1, 0.15) is 4.88 Å². The van der Waals surface area contributed by atoms with Gasteiger partial charge in [-0.05, 0) is 42.8 Å². The number of hydrogen-bond donors (Lipinski definition) is 2. The predicted octanol–water partition coefficient (Wildman–Crippen LogP) is 2.18. The monoisotopic (exact) mass is 276 g/mol. The van der Waals surface area contributed by atoms with Crippen LogP contribution in [0.4, 0.5) is 0 Å². The SMILES string of the molecule is O=C(NCC1(O)CCC1)c1sccc1-n1cccc1. The molecule has 0 aromatic carbocycles. The Bertz CT molecular complexity index is 570. The molecule has 2 aromatic rings.